The Hall–Kier alpha value is -4.64. The molecule has 6 aromatic rings. The predicted molar refractivity (Wildman–Crippen MR) is 140 cm³/mol. The third-order valence-electron chi connectivity index (χ3n) is 6.39. The molecular weight excluding hydrogens is 451 g/mol. The molecule has 0 radical (unpaired) electrons. The molecule has 0 aliphatic carbocycles. The number of hydrogen-bond acceptors (Lipinski definition) is 4. The van der Waals surface area contributed by atoms with E-state index in [1.165, 1.54) is 12.1 Å². The van der Waals surface area contributed by atoms with Crippen molar-refractivity contribution < 1.29 is 8.81 Å². The maximum Gasteiger partial charge on any atom is 0.345 e. The lowest BCUT2D eigenvalue weighted by Crippen LogP contribution is -2.07. The van der Waals surface area contributed by atoms with E-state index in [2.05, 4.69) is 0 Å². The van der Waals surface area contributed by atoms with Crippen molar-refractivity contribution in [2.45, 2.75) is 13.3 Å². The topological polar surface area (TPSA) is 56.0 Å². The maximum atomic E-state index is 13.4. The van der Waals surface area contributed by atoms with E-state index < -0.39 is 5.63 Å². The SMILES string of the molecule is Cc1ccccc1-c1cc(-c2cc3c(ccc4ccccc43)oc2=O)nc(Cc2ccc(F)cc2)n1. The summed E-state index contributed by atoms with van der Waals surface area (Å²) in [7, 11) is 0. The summed E-state index contributed by atoms with van der Waals surface area (Å²) >= 11 is 0. The van der Waals surface area contributed by atoms with Crippen molar-refractivity contribution >= 4 is 21.7 Å². The smallest absolute Gasteiger partial charge is 0.345 e. The minimum atomic E-state index is -0.458. The van der Waals surface area contributed by atoms with E-state index in [1.807, 2.05) is 79.7 Å². The van der Waals surface area contributed by atoms with Crippen LogP contribution in [0.1, 0.15) is 17.0 Å². The van der Waals surface area contributed by atoms with Crippen molar-refractivity contribution in [2.75, 3.05) is 0 Å². The van der Waals surface area contributed by atoms with Crippen LogP contribution in [0.3, 0.4) is 0 Å². The van der Waals surface area contributed by atoms with Gasteiger partial charge in [-0.05, 0) is 59.2 Å². The van der Waals surface area contributed by atoms with Gasteiger partial charge in [0.05, 0.1) is 17.0 Å². The number of halogens is 1. The lowest BCUT2D eigenvalue weighted by Gasteiger charge is -2.11. The first kappa shape index (κ1) is 21.9. The molecule has 0 unspecified atom stereocenters. The molecule has 0 bridgehead atoms. The normalized spacial score (nSPS) is 11.3. The summed E-state index contributed by atoms with van der Waals surface area (Å²) in [6.07, 6.45) is 0.398. The minimum absolute atomic E-state index is 0.296. The van der Waals surface area contributed by atoms with Crippen molar-refractivity contribution in [1.82, 2.24) is 9.97 Å². The summed E-state index contributed by atoms with van der Waals surface area (Å²) in [5.41, 5.74) is 4.54. The molecule has 0 saturated carbocycles. The van der Waals surface area contributed by atoms with Gasteiger partial charge in [-0.25, -0.2) is 19.2 Å². The number of rotatable bonds is 4. The van der Waals surface area contributed by atoms with E-state index >= 15 is 0 Å². The fourth-order valence-electron chi connectivity index (χ4n) is 4.55. The molecule has 2 aromatic heterocycles. The summed E-state index contributed by atoms with van der Waals surface area (Å²) in [4.78, 5) is 22.7. The molecule has 4 nitrogen and oxygen atoms in total. The van der Waals surface area contributed by atoms with E-state index in [1.54, 1.807) is 12.1 Å². The molecule has 0 atom stereocenters. The van der Waals surface area contributed by atoms with Gasteiger partial charge in [-0.1, -0.05) is 66.7 Å². The first-order valence-corrected chi connectivity index (χ1v) is 11.7. The first-order valence-electron chi connectivity index (χ1n) is 11.7. The lowest BCUT2D eigenvalue weighted by atomic mass is 10.0. The highest BCUT2D eigenvalue weighted by atomic mass is 19.1. The molecule has 36 heavy (non-hydrogen) atoms. The highest BCUT2D eigenvalue weighted by molar-refractivity contribution is 6.06. The van der Waals surface area contributed by atoms with Crippen molar-refractivity contribution in [3.05, 3.63) is 130 Å². The molecular formula is C31H21FN2O2. The van der Waals surface area contributed by atoms with Gasteiger partial charge in [0, 0.05) is 17.4 Å². The maximum absolute atomic E-state index is 13.4. The number of nitrogens with zero attached hydrogens (tertiary/aromatic N) is 2. The Bertz CT molecular complexity index is 1810. The third-order valence-corrected chi connectivity index (χ3v) is 6.39. The average Bonchev–Trinajstić information content (AvgIpc) is 2.89. The van der Waals surface area contributed by atoms with Crippen molar-refractivity contribution in [2.24, 2.45) is 0 Å². The van der Waals surface area contributed by atoms with Gasteiger partial charge in [0.1, 0.15) is 17.2 Å². The predicted octanol–water partition coefficient (Wildman–Crippen LogP) is 7.11. The molecule has 0 aliphatic heterocycles. The second-order valence-electron chi connectivity index (χ2n) is 8.82. The van der Waals surface area contributed by atoms with E-state index in [9.17, 15) is 9.18 Å². The van der Waals surface area contributed by atoms with Gasteiger partial charge in [0.15, 0.2) is 0 Å². The van der Waals surface area contributed by atoms with Crippen LogP contribution in [0.4, 0.5) is 4.39 Å². The van der Waals surface area contributed by atoms with Crippen LogP contribution >= 0.6 is 0 Å². The quantitative estimate of drug-likeness (QED) is 0.203. The van der Waals surface area contributed by atoms with E-state index in [-0.39, 0.29) is 5.82 Å². The monoisotopic (exact) mass is 472 g/mol. The zero-order valence-electron chi connectivity index (χ0n) is 19.5. The van der Waals surface area contributed by atoms with Gasteiger partial charge in [-0.3, -0.25) is 0 Å². The molecule has 5 heteroatoms. The van der Waals surface area contributed by atoms with Crippen molar-refractivity contribution in [3.8, 4) is 22.5 Å². The number of hydrogen-bond donors (Lipinski definition) is 0. The van der Waals surface area contributed by atoms with Crippen LogP contribution < -0.4 is 5.63 Å². The Morgan fingerprint density at radius 1 is 0.750 bits per heavy atom. The zero-order valence-corrected chi connectivity index (χ0v) is 19.5. The largest absolute Gasteiger partial charge is 0.422 e. The Morgan fingerprint density at radius 2 is 1.47 bits per heavy atom. The molecule has 0 amide bonds. The summed E-state index contributed by atoms with van der Waals surface area (Å²) < 4.78 is 19.2. The fraction of sp³-hybridized carbons (Fsp3) is 0.0645. The van der Waals surface area contributed by atoms with Gasteiger partial charge in [0.2, 0.25) is 0 Å². The van der Waals surface area contributed by atoms with Crippen LogP contribution in [-0.2, 0) is 6.42 Å². The minimum Gasteiger partial charge on any atom is -0.422 e. The molecule has 0 fully saturated rings. The average molecular weight is 473 g/mol. The van der Waals surface area contributed by atoms with Crippen LogP contribution in [0.15, 0.2) is 106 Å². The van der Waals surface area contributed by atoms with Gasteiger partial charge in [-0.2, -0.15) is 0 Å². The zero-order chi connectivity index (χ0) is 24.6. The number of aryl methyl sites for hydroxylation is 1. The second kappa shape index (κ2) is 8.86. The van der Waals surface area contributed by atoms with E-state index in [0.717, 1.165) is 32.8 Å². The summed E-state index contributed by atoms with van der Waals surface area (Å²) in [6, 6.07) is 29.7. The Kier molecular flexibility index (Phi) is 5.38. The van der Waals surface area contributed by atoms with Gasteiger partial charge >= 0.3 is 5.63 Å². The highest BCUT2D eigenvalue weighted by Gasteiger charge is 2.16. The van der Waals surface area contributed by atoms with E-state index in [4.69, 9.17) is 14.4 Å². The van der Waals surface area contributed by atoms with Crippen LogP contribution in [0.25, 0.3) is 44.3 Å². The van der Waals surface area contributed by atoms with Gasteiger partial charge in [0.25, 0.3) is 0 Å². The lowest BCUT2D eigenvalue weighted by molar-refractivity contribution is 0.563. The Balaban J connectivity index is 1.57. The summed E-state index contributed by atoms with van der Waals surface area (Å²) in [6.45, 7) is 2.02. The molecule has 6 rings (SSSR count). The molecule has 4 aromatic carbocycles. The van der Waals surface area contributed by atoms with Crippen LogP contribution in [0, 0.1) is 12.7 Å². The first-order chi connectivity index (χ1) is 17.5. The third kappa shape index (κ3) is 4.05. The second-order valence-corrected chi connectivity index (χ2v) is 8.82. The molecule has 174 valence electrons. The van der Waals surface area contributed by atoms with E-state index in [0.29, 0.717) is 34.8 Å². The van der Waals surface area contributed by atoms with Crippen LogP contribution in [-0.4, -0.2) is 9.97 Å². The molecule has 0 saturated heterocycles. The van der Waals surface area contributed by atoms with Crippen molar-refractivity contribution in [3.63, 3.8) is 0 Å². The Labute approximate surface area is 206 Å². The summed E-state index contributed by atoms with van der Waals surface area (Å²) in [5.74, 6) is 0.241. The molecule has 2 heterocycles. The van der Waals surface area contributed by atoms with Crippen LogP contribution in [0.2, 0.25) is 0 Å². The van der Waals surface area contributed by atoms with Crippen LogP contribution in [0.5, 0.6) is 0 Å². The molecule has 0 aliphatic rings. The molecule has 0 N–H and O–H groups in total. The van der Waals surface area contributed by atoms with Gasteiger partial charge < -0.3 is 4.42 Å². The molecule has 0 spiro atoms. The summed E-state index contributed by atoms with van der Waals surface area (Å²) in [5, 5.41) is 2.91. The standard InChI is InChI=1S/C31H21FN2O2/c1-19-6-2-4-8-23(19)27-18-28(34-30(33-27)16-20-10-13-22(32)14-11-20)26-17-25-24-9-5-3-7-21(24)12-15-29(25)36-31(26)35/h2-15,17-18H,16H2,1H3. The number of fused-ring (bicyclic) bond motifs is 3. The number of aromatic nitrogens is 2. The Morgan fingerprint density at radius 3 is 2.28 bits per heavy atom. The van der Waals surface area contributed by atoms with Gasteiger partial charge in [-0.15, -0.1) is 0 Å². The van der Waals surface area contributed by atoms with Crippen molar-refractivity contribution in [1.29, 1.82) is 0 Å². The fourth-order valence-corrected chi connectivity index (χ4v) is 4.55. The highest BCUT2D eigenvalue weighted by Crippen LogP contribution is 2.30. The number of benzene rings is 4.